The zero-order valence-corrected chi connectivity index (χ0v) is 23.5. The van der Waals surface area contributed by atoms with Crippen molar-refractivity contribution in [2.45, 2.75) is 82.3 Å². The molecule has 4 heterocycles. The fraction of sp³-hybridized carbons (Fsp3) is 0.621. The van der Waals surface area contributed by atoms with Gasteiger partial charge in [-0.05, 0) is 63.1 Å². The van der Waals surface area contributed by atoms with Crippen molar-refractivity contribution in [2.75, 3.05) is 38.2 Å². The molecule has 9 nitrogen and oxygen atoms in total. The maximum absolute atomic E-state index is 14.1. The first-order valence-corrected chi connectivity index (χ1v) is 14.5. The van der Waals surface area contributed by atoms with E-state index in [4.69, 9.17) is 9.47 Å². The van der Waals surface area contributed by atoms with Gasteiger partial charge in [0.1, 0.15) is 11.9 Å². The van der Waals surface area contributed by atoms with Gasteiger partial charge in [-0.15, -0.1) is 18.3 Å². The summed E-state index contributed by atoms with van der Waals surface area (Å²) in [6.07, 6.45) is 0.0828. The van der Waals surface area contributed by atoms with Crippen molar-refractivity contribution in [3.8, 4) is 5.75 Å². The van der Waals surface area contributed by atoms with Gasteiger partial charge in [0.15, 0.2) is 5.69 Å². The van der Waals surface area contributed by atoms with Gasteiger partial charge >= 0.3 is 6.36 Å². The minimum atomic E-state index is -4.73. The summed E-state index contributed by atoms with van der Waals surface area (Å²) in [5.41, 5.74) is 2.48. The van der Waals surface area contributed by atoms with Crippen molar-refractivity contribution in [3.05, 3.63) is 47.3 Å². The van der Waals surface area contributed by atoms with E-state index < -0.39 is 12.5 Å². The molecule has 230 valence electrons. The number of likely N-dealkylation sites (tertiary alicyclic amines) is 1. The molecular formula is C29H37F4N5O4. The number of nitrogens with zero attached hydrogens (tertiary/aromatic N) is 3. The molecule has 3 fully saturated rings. The number of carbonyl (C=O) groups is 1. The summed E-state index contributed by atoms with van der Waals surface area (Å²) in [5, 5.41) is 15.0. The molecule has 3 unspecified atom stereocenters. The number of rotatable bonds is 8. The molecule has 0 spiro atoms. The van der Waals surface area contributed by atoms with Crippen LogP contribution in [0.1, 0.15) is 66.2 Å². The predicted molar refractivity (Wildman–Crippen MR) is 146 cm³/mol. The smallest absolute Gasteiger partial charge is 0.406 e. The molecule has 13 heteroatoms. The molecule has 1 aromatic heterocycles. The van der Waals surface area contributed by atoms with E-state index in [0.717, 1.165) is 37.7 Å². The zero-order valence-electron chi connectivity index (χ0n) is 23.5. The van der Waals surface area contributed by atoms with E-state index in [1.165, 1.54) is 12.1 Å². The third-order valence-corrected chi connectivity index (χ3v) is 8.18. The minimum absolute atomic E-state index is 0.128. The van der Waals surface area contributed by atoms with Gasteiger partial charge < -0.3 is 29.7 Å². The van der Waals surface area contributed by atoms with Crippen molar-refractivity contribution in [3.63, 3.8) is 0 Å². The first-order valence-electron chi connectivity index (χ1n) is 14.5. The van der Waals surface area contributed by atoms with E-state index in [1.54, 1.807) is 23.2 Å². The van der Waals surface area contributed by atoms with Gasteiger partial charge in [-0.2, -0.15) is 5.10 Å². The Morgan fingerprint density at radius 1 is 1.12 bits per heavy atom. The highest BCUT2D eigenvalue weighted by molar-refractivity contribution is 5.94. The van der Waals surface area contributed by atoms with E-state index in [1.807, 2.05) is 6.92 Å². The van der Waals surface area contributed by atoms with Crippen LogP contribution in [0.4, 0.5) is 23.2 Å². The number of hydrogen-bond donors (Lipinski definition) is 2. The Bertz CT molecular complexity index is 1190. The van der Waals surface area contributed by atoms with Crippen LogP contribution in [0.15, 0.2) is 30.5 Å². The summed E-state index contributed by atoms with van der Waals surface area (Å²) in [7, 11) is 0. The monoisotopic (exact) mass is 595 g/mol. The molecule has 2 N–H and O–H groups in total. The number of benzene rings is 1. The largest absolute Gasteiger partial charge is 0.573 e. The molecule has 4 atom stereocenters. The predicted octanol–water partition coefficient (Wildman–Crippen LogP) is 4.73. The van der Waals surface area contributed by atoms with Crippen LogP contribution >= 0.6 is 0 Å². The van der Waals surface area contributed by atoms with Crippen molar-refractivity contribution in [2.24, 2.45) is 0 Å². The van der Waals surface area contributed by atoms with Crippen LogP contribution in [0.2, 0.25) is 0 Å². The zero-order chi connectivity index (χ0) is 29.7. The molecule has 0 aliphatic carbocycles. The maximum atomic E-state index is 14.1. The highest BCUT2D eigenvalue weighted by Crippen LogP contribution is 2.33. The van der Waals surface area contributed by atoms with E-state index in [9.17, 15) is 22.4 Å². The molecule has 42 heavy (non-hydrogen) atoms. The van der Waals surface area contributed by atoms with E-state index in [2.05, 4.69) is 25.6 Å². The van der Waals surface area contributed by atoms with Gasteiger partial charge in [-0.3, -0.25) is 4.79 Å². The first kappa shape index (κ1) is 30.4. The molecule has 1 aromatic carbocycles. The Morgan fingerprint density at radius 2 is 1.88 bits per heavy atom. The minimum Gasteiger partial charge on any atom is -0.406 e. The highest BCUT2D eigenvalue weighted by Gasteiger charge is 2.32. The molecule has 0 saturated carbocycles. The number of carbonyl (C=O) groups excluding carboxylic acids is 1. The Morgan fingerprint density at radius 3 is 2.60 bits per heavy atom. The highest BCUT2D eigenvalue weighted by atomic mass is 19.4. The number of halogens is 4. The van der Waals surface area contributed by atoms with Crippen molar-refractivity contribution >= 4 is 11.6 Å². The van der Waals surface area contributed by atoms with Crippen LogP contribution in [0.3, 0.4) is 0 Å². The lowest BCUT2D eigenvalue weighted by Crippen LogP contribution is -2.52. The fourth-order valence-corrected chi connectivity index (χ4v) is 5.82. The second-order valence-corrected chi connectivity index (χ2v) is 11.1. The number of amides is 1. The second-order valence-electron chi connectivity index (χ2n) is 11.1. The Balaban J connectivity index is 1.12. The standard InChI is InChI=1S/C29H37F4N5O4/c1-18-25(34-15-22-3-2-4-26(41-22)19-5-7-21(8-6-19)42-29(31,32)33)16-35-37-27(18)28(39)38-12-9-20(10-13-38)36-24-11-14-40-17-23(24)30/h5-8,16,20,22-24,26,36H,2-4,9-15,17H2,1H3,(H,34,37)/t22?,23?,24?,26-/m0/s1. The molecular weight excluding hydrogens is 558 g/mol. The van der Waals surface area contributed by atoms with Gasteiger partial charge in [0, 0.05) is 43.9 Å². The molecule has 0 bridgehead atoms. The van der Waals surface area contributed by atoms with Gasteiger partial charge in [-0.1, -0.05) is 12.1 Å². The summed E-state index contributed by atoms with van der Waals surface area (Å²) < 4.78 is 66.9. The molecule has 5 rings (SSSR count). The molecule has 3 aliphatic rings. The van der Waals surface area contributed by atoms with Gasteiger partial charge in [0.25, 0.3) is 5.91 Å². The number of anilines is 1. The quantitative estimate of drug-likeness (QED) is 0.423. The van der Waals surface area contributed by atoms with Gasteiger partial charge in [-0.25, -0.2) is 4.39 Å². The van der Waals surface area contributed by atoms with Crippen LogP contribution in [-0.2, 0) is 9.47 Å². The van der Waals surface area contributed by atoms with E-state index >= 15 is 0 Å². The molecule has 3 aliphatic heterocycles. The summed E-state index contributed by atoms with van der Waals surface area (Å²) in [6, 6.07) is 5.73. The summed E-state index contributed by atoms with van der Waals surface area (Å²) in [4.78, 5) is 15.1. The first-order chi connectivity index (χ1) is 20.2. The van der Waals surface area contributed by atoms with Crippen LogP contribution in [-0.4, -0.2) is 84.6 Å². The number of piperidine rings is 1. The lowest BCUT2D eigenvalue weighted by Gasteiger charge is -2.36. The lowest BCUT2D eigenvalue weighted by molar-refractivity contribution is -0.274. The number of nitrogens with one attached hydrogen (secondary N) is 2. The average Bonchev–Trinajstić information content (AvgIpc) is 2.98. The van der Waals surface area contributed by atoms with E-state index in [0.29, 0.717) is 49.6 Å². The summed E-state index contributed by atoms with van der Waals surface area (Å²) >= 11 is 0. The van der Waals surface area contributed by atoms with Gasteiger partial charge in [0.05, 0.1) is 30.7 Å². The Kier molecular flexibility index (Phi) is 9.79. The van der Waals surface area contributed by atoms with Crippen molar-refractivity contribution in [1.29, 1.82) is 0 Å². The number of ether oxygens (including phenoxy) is 3. The third kappa shape index (κ3) is 7.87. The Hall–Kier alpha value is -3.03. The van der Waals surface area contributed by atoms with E-state index in [-0.39, 0.29) is 42.6 Å². The third-order valence-electron chi connectivity index (χ3n) is 8.18. The Labute approximate surface area is 242 Å². The van der Waals surface area contributed by atoms with Crippen molar-refractivity contribution in [1.82, 2.24) is 20.4 Å². The number of hydrogen-bond acceptors (Lipinski definition) is 8. The van der Waals surface area contributed by atoms with Crippen LogP contribution in [0.25, 0.3) is 0 Å². The summed E-state index contributed by atoms with van der Waals surface area (Å²) in [6.45, 7) is 4.10. The second kappa shape index (κ2) is 13.5. The summed E-state index contributed by atoms with van der Waals surface area (Å²) in [5.74, 6) is -0.444. The average molecular weight is 596 g/mol. The van der Waals surface area contributed by atoms with Crippen LogP contribution in [0.5, 0.6) is 5.75 Å². The number of alkyl halides is 4. The van der Waals surface area contributed by atoms with Gasteiger partial charge in [0.2, 0.25) is 0 Å². The normalized spacial score (nSPS) is 25.7. The molecule has 0 radical (unpaired) electrons. The molecule has 3 saturated heterocycles. The number of aromatic nitrogens is 2. The lowest BCUT2D eigenvalue weighted by atomic mass is 9.98. The SMILES string of the molecule is Cc1c(NCC2CCC[C@@H](c3ccc(OC(F)(F)F)cc3)O2)cnnc1C(=O)N1CCC(NC2CCOCC2F)CC1. The fourth-order valence-electron chi connectivity index (χ4n) is 5.82. The van der Waals surface area contributed by atoms with Crippen LogP contribution in [0, 0.1) is 6.92 Å². The molecule has 2 aromatic rings. The topological polar surface area (TPSA) is 97.8 Å². The maximum Gasteiger partial charge on any atom is 0.573 e. The van der Waals surface area contributed by atoms with Crippen molar-refractivity contribution < 1.29 is 36.6 Å². The van der Waals surface area contributed by atoms with Crippen LogP contribution < -0.4 is 15.4 Å². The molecule has 1 amide bonds.